The van der Waals surface area contributed by atoms with Gasteiger partial charge in [-0.3, -0.25) is 9.78 Å². The van der Waals surface area contributed by atoms with Gasteiger partial charge in [0, 0.05) is 48.6 Å². The van der Waals surface area contributed by atoms with E-state index in [1.807, 2.05) is 47.5 Å². The second-order valence-corrected chi connectivity index (χ2v) is 8.42. The molecule has 1 N–H and O–H groups in total. The maximum atomic E-state index is 13.0. The molecule has 5 rings (SSSR count). The van der Waals surface area contributed by atoms with Crippen molar-refractivity contribution in [1.82, 2.24) is 19.9 Å². The molecule has 2 aromatic heterocycles. The van der Waals surface area contributed by atoms with E-state index in [0.29, 0.717) is 36.4 Å². The van der Waals surface area contributed by atoms with E-state index in [1.54, 1.807) is 19.4 Å². The Morgan fingerprint density at radius 2 is 1.91 bits per heavy atom. The second kappa shape index (κ2) is 8.94. The standard InChI is InChI=1S/C25H27N5O2/c1-32-20-6-4-5-18(15-20)24(31)30-13-10-17(11-14-30)23-21(22-7-2-3-12-26-22)16-27-25(29-23)28-19-8-9-19/h2-7,12,15-17,19H,8-11,13-14H2,1H3,(H,27,28,29). The highest BCUT2D eigenvalue weighted by molar-refractivity contribution is 5.94. The van der Waals surface area contributed by atoms with Gasteiger partial charge in [0.05, 0.1) is 18.5 Å². The molecule has 1 aliphatic carbocycles. The van der Waals surface area contributed by atoms with E-state index < -0.39 is 0 Å². The van der Waals surface area contributed by atoms with E-state index in [1.165, 1.54) is 12.8 Å². The van der Waals surface area contributed by atoms with Crippen LogP contribution in [0.4, 0.5) is 5.95 Å². The SMILES string of the molecule is COc1cccc(C(=O)N2CCC(c3nc(NC4CC4)ncc3-c3ccccn3)CC2)c1. The lowest BCUT2D eigenvalue weighted by Crippen LogP contribution is -2.38. The zero-order chi connectivity index (χ0) is 21.9. The van der Waals surface area contributed by atoms with Gasteiger partial charge in [-0.2, -0.15) is 0 Å². The van der Waals surface area contributed by atoms with Crippen molar-refractivity contribution in [2.75, 3.05) is 25.5 Å². The van der Waals surface area contributed by atoms with Gasteiger partial charge in [0.2, 0.25) is 5.95 Å². The first-order chi connectivity index (χ1) is 15.7. The van der Waals surface area contributed by atoms with Gasteiger partial charge in [0.1, 0.15) is 5.75 Å². The maximum Gasteiger partial charge on any atom is 0.253 e. The minimum Gasteiger partial charge on any atom is -0.497 e. The smallest absolute Gasteiger partial charge is 0.253 e. The molecule has 0 bridgehead atoms. The minimum absolute atomic E-state index is 0.0473. The third-order valence-corrected chi connectivity index (χ3v) is 6.16. The average Bonchev–Trinajstić information content (AvgIpc) is 3.68. The van der Waals surface area contributed by atoms with Gasteiger partial charge in [0.25, 0.3) is 5.91 Å². The van der Waals surface area contributed by atoms with Crippen LogP contribution in [0.25, 0.3) is 11.3 Å². The van der Waals surface area contributed by atoms with Crippen molar-refractivity contribution in [3.8, 4) is 17.0 Å². The molecule has 0 atom stereocenters. The summed E-state index contributed by atoms with van der Waals surface area (Å²) in [5.74, 6) is 1.69. The number of ether oxygens (including phenoxy) is 1. The van der Waals surface area contributed by atoms with Crippen molar-refractivity contribution in [1.29, 1.82) is 0 Å². The molecule has 7 heteroatoms. The number of hydrogen-bond donors (Lipinski definition) is 1. The predicted octanol–water partition coefficient (Wildman–Crippen LogP) is 4.14. The van der Waals surface area contributed by atoms with Crippen molar-refractivity contribution in [3.05, 3.63) is 66.1 Å². The molecule has 2 aliphatic rings. The quantitative estimate of drug-likeness (QED) is 0.634. The highest BCUT2D eigenvalue weighted by Crippen LogP contribution is 2.35. The van der Waals surface area contributed by atoms with Crippen LogP contribution in [0.15, 0.2) is 54.9 Å². The Bertz CT molecular complexity index is 1090. The maximum absolute atomic E-state index is 13.0. The van der Waals surface area contributed by atoms with Gasteiger partial charge >= 0.3 is 0 Å². The number of amides is 1. The van der Waals surface area contributed by atoms with Crippen LogP contribution in [0.5, 0.6) is 5.75 Å². The van der Waals surface area contributed by atoms with Gasteiger partial charge in [-0.15, -0.1) is 0 Å². The molecular formula is C25H27N5O2. The molecule has 164 valence electrons. The normalized spacial score (nSPS) is 16.6. The summed E-state index contributed by atoms with van der Waals surface area (Å²) in [7, 11) is 1.61. The van der Waals surface area contributed by atoms with E-state index in [-0.39, 0.29) is 11.8 Å². The fraction of sp³-hybridized carbons (Fsp3) is 0.360. The van der Waals surface area contributed by atoms with Crippen LogP contribution in [0.2, 0.25) is 0 Å². The van der Waals surface area contributed by atoms with Crippen molar-refractivity contribution in [3.63, 3.8) is 0 Å². The average molecular weight is 430 g/mol. The van der Waals surface area contributed by atoms with E-state index in [0.717, 1.165) is 29.8 Å². The molecule has 0 spiro atoms. The molecule has 7 nitrogen and oxygen atoms in total. The largest absolute Gasteiger partial charge is 0.497 e. The lowest BCUT2D eigenvalue weighted by Gasteiger charge is -2.32. The summed E-state index contributed by atoms with van der Waals surface area (Å²) in [6.45, 7) is 1.38. The number of anilines is 1. The molecule has 1 saturated carbocycles. The fourth-order valence-electron chi connectivity index (χ4n) is 4.20. The first-order valence-electron chi connectivity index (χ1n) is 11.2. The van der Waals surface area contributed by atoms with Crippen LogP contribution >= 0.6 is 0 Å². The lowest BCUT2D eigenvalue weighted by molar-refractivity contribution is 0.0712. The number of nitrogens with one attached hydrogen (secondary N) is 1. The Kier molecular flexibility index (Phi) is 5.71. The molecule has 3 aromatic rings. The van der Waals surface area contributed by atoms with Crippen molar-refractivity contribution in [2.45, 2.75) is 37.6 Å². The van der Waals surface area contributed by atoms with E-state index in [4.69, 9.17) is 9.72 Å². The van der Waals surface area contributed by atoms with Crippen molar-refractivity contribution >= 4 is 11.9 Å². The monoisotopic (exact) mass is 429 g/mol. The summed E-state index contributed by atoms with van der Waals surface area (Å²) in [4.78, 5) is 28.9. The number of hydrogen-bond acceptors (Lipinski definition) is 6. The van der Waals surface area contributed by atoms with Gasteiger partial charge in [-0.05, 0) is 56.0 Å². The summed E-state index contributed by atoms with van der Waals surface area (Å²) < 4.78 is 5.27. The minimum atomic E-state index is 0.0473. The second-order valence-electron chi connectivity index (χ2n) is 8.42. The topological polar surface area (TPSA) is 80.2 Å². The molecule has 1 aromatic carbocycles. The molecule has 1 saturated heterocycles. The Balaban J connectivity index is 1.35. The van der Waals surface area contributed by atoms with E-state index >= 15 is 0 Å². The number of likely N-dealkylation sites (tertiary alicyclic amines) is 1. The summed E-state index contributed by atoms with van der Waals surface area (Å²) in [5, 5.41) is 3.41. The van der Waals surface area contributed by atoms with Crippen LogP contribution in [0, 0.1) is 0 Å². The molecule has 3 heterocycles. The zero-order valence-electron chi connectivity index (χ0n) is 18.2. The number of methoxy groups -OCH3 is 1. The van der Waals surface area contributed by atoms with Crippen molar-refractivity contribution in [2.24, 2.45) is 0 Å². The number of benzene rings is 1. The third kappa shape index (κ3) is 4.42. The number of piperidine rings is 1. The third-order valence-electron chi connectivity index (χ3n) is 6.16. The Labute approximate surface area is 187 Å². The predicted molar refractivity (Wildman–Crippen MR) is 123 cm³/mol. The Morgan fingerprint density at radius 1 is 1.06 bits per heavy atom. The van der Waals surface area contributed by atoms with Crippen LogP contribution in [0.1, 0.15) is 47.7 Å². The molecular weight excluding hydrogens is 402 g/mol. The number of rotatable bonds is 6. The summed E-state index contributed by atoms with van der Waals surface area (Å²) in [6, 6.07) is 13.7. The zero-order valence-corrected chi connectivity index (χ0v) is 18.2. The molecule has 0 radical (unpaired) electrons. The summed E-state index contributed by atoms with van der Waals surface area (Å²) >= 11 is 0. The van der Waals surface area contributed by atoms with Crippen LogP contribution in [-0.4, -0.2) is 52.0 Å². The van der Waals surface area contributed by atoms with E-state index in [2.05, 4.69) is 15.3 Å². The fourth-order valence-corrected chi connectivity index (χ4v) is 4.20. The van der Waals surface area contributed by atoms with Gasteiger partial charge in [-0.25, -0.2) is 9.97 Å². The number of pyridine rings is 1. The van der Waals surface area contributed by atoms with Crippen LogP contribution < -0.4 is 10.1 Å². The van der Waals surface area contributed by atoms with Gasteiger partial charge in [-0.1, -0.05) is 12.1 Å². The molecule has 1 aliphatic heterocycles. The highest BCUT2D eigenvalue weighted by atomic mass is 16.5. The highest BCUT2D eigenvalue weighted by Gasteiger charge is 2.29. The van der Waals surface area contributed by atoms with Crippen LogP contribution in [0.3, 0.4) is 0 Å². The molecule has 32 heavy (non-hydrogen) atoms. The van der Waals surface area contributed by atoms with Crippen molar-refractivity contribution < 1.29 is 9.53 Å². The first-order valence-corrected chi connectivity index (χ1v) is 11.2. The molecule has 1 amide bonds. The van der Waals surface area contributed by atoms with Gasteiger partial charge in [0.15, 0.2) is 0 Å². The van der Waals surface area contributed by atoms with Gasteiger partial charge < -0.3 is 15.0 Å². The molecule has 2 fully saturated rings. The number of aromatic nitrogens is 3. The van der Waals surface area contributed by atoms with E-state index in [9.17, 15) is 4.79 Å². The number of nitrogens with zero attached hydrogens (tertiary/aromatic N) is 4. The lowest BCUT2D eigenvalue weighted by atomic mass is 9.89. The summed E-state index contributed by atoms with van der Waals surface area (Å²) in [5.41, 5.74) is 3.55. The van der Waals surface area contributed by atoms with Crippen LogP contribution in [-0.2, 0) is 0 Å². The Morgan fingerprint density at radius 3 is 2.62 bits per heavy atom. The Hall–Kier alpha value is -3.48. The number of carbonyl (C=O) groups excluding carboxylic acids is 1. The first kappa shape index (κ1) is 20.4. The molecule has 0 unspecified atom stereocenters. The summed E-state index contributed by atoms with van der Waals surface area (Å²) in [6.07, 6.45) is 7.75. The number of carbonyl (C=O) groups is 1.